The number of halogens is 2. The molecule has 1 fully saturated rings. The number of nitrogens with two attached hydrogens (primary N) is 1. The van der Waals surface area contributed by atoms with Gasteiger partial charge >= 0.3 is 6.61 Å². The van der Waals surface area contributed by atoms with Gasteiger partial charge in [0.1, 0.15) is 5.75 Å². The van der Waals surface area contributed by atoms with Gasteiger partial charge in [-0.15, -0.1) is 5.92 Å². The Balaban J connectivity index is 0.00000272. The van der Waals surface area contributed by atoms with Crippen molar-refractivity contribution < 1.29 is 18.3 Å². The Labute approximate surface area is 180 Å². The summed E-state index contributed by atoms with van der Waals surface area (Å²) in [5.41, 5.74) is 7.20. The molecular weight excluding hydrogens is 400 g/mol. The van der Waals surface area contributed by atoms with Crippen LogP contribution in [0.15, 0.2) is 47.5 Å². The van der Waals surface area contributed by atoms with E-state index in [9.17, 15) is 13.6 Å². The maximum Gasteiger partial charge on any atom is 0.387 e. The second-order valence-corrected chi connectivity index (χ2v) is 7.41. The first-order valence-corrected chi connectivity index (χ1v) is 9.63. The van der Waals surface area contributed by atoms with E-state index in [1.165, 1.54) is 11.0 Å². The van der Waals surface area contributed by atoms with E-state index < -0.39 is 12.2 Å². The summed E-state index contributed by atoms with van der Waals surface area (Å²) in [6, 6.07) is 12.1. The number of guanidine groups is 1. The highest BCUT2D eigenvalue weighted by Crippen LogP contribution is 2.48. The lowest BCUT2D eigenvalue weighted by Crippen LogP contribution is -2.41. The van der Waals surface area contributed by atoms with Crippen molar-refractivity contribution in [1.29, 1.82) is 0 Å². The number of benzene rings is 2. The first-order chi connectivity index (χ1) is 14.4. The lowest BCUT2D eigenvalue weighted by molar-refractivity contribution is -0.129. The van der Waals surface area contributed by atoms with Crippen LogP contribution in [0.4, 0.5) is 8.78 Å². The first kappa shape index (κ1) is 22.3. The highest BCUT2D eigenvalue weighted by molar-refractivity contribution is 6.09. The number of carbonyl (C=O) groups excluding carboxylic acids is 1. The molecule has 0 radical (unpaired) electrons. The average Bonchev–Trinajstić information content (AvgIpc) is 3.53. The van der Waals surface area contributed by atoms with E-state index in [4.69, 9.17) is 10.5 Å². The van der Waals surface area contributed by atoms with E-state index in [0.717, 1.165) is 18.4 Å². The largest absolute Gasteiger partial charge is 0.435 e. The molecule has 7 heteroatoms. The molecule has 4 rings (SSSR count). The van der Waals surface area contributed by atoms with E-state index in [1.807, 2.05) is 18.2 Å². The summed E-state index contributed by atoms with van der Waals surface area (Å²) in [6.07, 6.45) is 1.77. The van der Waals surface area contributed by atoms with E-state index in [2.05, 4.69) is 16.8 Å². The second kappa shape index (κ2) is 8.38. The minimum Gasteiger partial charge on any atom is -0.435 e. The maximum atomic E-state index is 13.4. The van der Waals surface area contributed by atoms with Gasteiger partial charge in [-0.2, -0.15) is 8.78 Å². The van der Waals surface area contributed by atoms with Gasteiger partial charge in [-0.3, -0.25) is 9.69 Å². The van der Waals surface area contributed by atoms with Crippen LogP contribution in [0.25, 0.3) is 0 Å². The smallest absolute Gasteiger partial charge is 0.387 e. The summed E-state index contributed by atoms with van der Waals surface area (Å²) in [6.45, 7) is -1.18. The first-order valence-electron chi connectivity index (χ1n) is 9.63. The second-order valence-electron chi connectivity index (χ2n) is 7.41. The van der Waals surface area contributed by atoms with Gasteiger partial charge in [0, 0.05) is 12.6 Å². The topological polar surface area (TPSA) is 67.9 Å². The van der Waals surface area contributed by atoms with Crippen LogP contribution >= 0.6 is 0 Å². The van der Waals surface area contributed by atoms with E-state index in [0.29, 0.717) is 16.7 Å². The lowest BCUT2D eigenvalue weighted by atomic mass is 9.81. The quantitative estimate of drug-likeness (QED) is 0.730. The van der Waals surface area contributed by atoms with Crippen molar-refractivity contribution in [3.8, 4) is 17.6 Å². The Hall–Kier alpha value is -3.40. The molecule has 1 saturated carbocycles. The molecule has 0 saturated heterocycles. The highest BCUT2D eigenvalue weighted by atomic mass is 19.3. The van der Waals surface area contributed by atoms with Gasteiger partial charge in [-0.05, 0) is 66.6 Å². The Morgan fingerprint density at radius 1 is 1.23 bits per heavy atom. The van der Waals surface area contributed by atoms with Gasteiger partial charge in [-0.25, -0.2) is 4.99 Å². The lowest BCUT2D eigenvalue weighted by Gasteiger charge is -2.27. The fourth-order valence-electron chi connectivity index (χ4n) is 3.84. The molecule has 162 valence electrons. The molecule has 0 aromatic heterocycles. The third-order valence-corrected chi connectivity index (χ3v) is 5.45. The summed E-state index contributed by atoms with van der Waals surface area (Å²) < 4.78 is 30.5. The Morgan fingerprint density at radius 2 is 1.94 bits per heavy atom. The number of nitrogens with zero attached hydrogens (tertiary/aromatic N) is 2. The molecule has 2 aromatic rings. The van der Waals surface area contributed by atoms with Gasteiger partial charge in [-0.1, -0.05) is 31.5 Å². The summed E-state index contributed by atoms with van der Waals surface area (Å²) in [4.78, 5) is 19.3. The predicted molar refractivity (Wildman–Crippen MR) is 116 cm³/mol. The molecule has 1 atom stereocenters. The average molecular weight is 425 g/mol. The molecule has 1 aliphatic heterocycles. The number of likely N-dealkylation sites (N-methyl/N-ethyl adjacent to an activating group) is 1. The van der Waals surface area contributed by atoms with Crippen molar-refractivity contribution in [1.82, 2.24) is 4.90 Å². The van der Waals surface area contributed by atoms with Crippen molar-refractivity contribution in [3.63, 3.8) is 0 Å². The van der Waals surface area contributed by atoms with Gasteiger partial charge in [0.2, 0.25) is 0 Å². The summed E-state index contributed by atoms with van der Waals surface area (Å²) >= 11 is 0. The molecule has 5 nitrogen and oxygen atoms in total. The molecule has 1 heterocycles. The van der Waals surface area contributed by atoms with Crippen LogP contribution in [0, 0.1) is 11.8 Å². The fraction of sp³-hybridized carbons (Fsp3) is 0.333. The van der Waals surface area contributed by atoms with Crippen molar-refractivity contribution in [3.05, 3.63) is 64.7 Å². The third-order valence-electron chi connectivity index (χ3n) is 5.45. The standard InChI is InChI=1S/C23H21F2N3O2.CH4/c1-3-5-14-6-4-7-16(12-14)23(20(29)28(2)22(26)27-23)17-10-11-19(30-21(24)25)18(13-17)15-8-9-15;/h4,6-7,10-13,15,21H,8-9H2,1-2H3,(H2,26,27);1H4/t23-;/m1./s1. The van der Waals surface area contributed by atoms with Gasteiger partial charge < -0.3 is 10.5 Å². The number of ether oxygens (including phenoxy) is 1. The molecule has 0 unspecified atom stereocenters. The zero-order valence-corrected chi connectivity index (χ0v) is 16.7. The summed E-state index contributed by atoms with van der Waals surface area (Å²) in [7, 11) is 1.56. The summed E-state index contributed by atoms with van der Waals surface area (Å²) in [5, 5.41) is 0. The number of amides is 1. The van der Waals surface area contributed by atoms with Crippen LogP contribution in [-0.2, 0) is 10.3 Å². The van der Waals surface area contributed by atoms with Crippen molar-refractivity contribution in [2.24, 2.45) is 10.7 Å². The van der Waals surface area contributed by atoms with Gasteiger partial charge in [0.15, 0.2) is 11.5 Å². The molecule has 2 N–H and O–H groups in total. The highest BCUT2D eigenvalue weighted by Gasteiger charge is 2.50. The number of hydrogen-bond acceptors (Lipinski definition) is 4. The molecule has 0 bridgehead atoms. The van der Waals surface area contributed by atoms with Crippen molar-refractivity contribution in [2.45, 2.75) is 45.3 Å². The zero-order chi connectivity index (χ0) is 21.5. The van der Waals surface area contributed by atoms with Crippen LogP contribution in [-0.4, -0.2) is 30.4 Å². The maximum absolute atomic E-state index is 13.4. The Morgan fingerprint density at radius 3 is 2.52 bits per heavy atom. The van der Waals surface area contributed by atoms with Crippen molar-refractivity contribution >= 4 is 11.9 Å². The Bertz CT molecular complexity index is 1100. The number of hydrogen-bond donors (Lipinski definition) is 1. The van der Waals surface area contributed by atoms with Crippen LogP contribution in [0.3, 0.4) is 0 Å². The van der Waals surface area contributed by atoms with Crippen LogP contribution in [0.5, 0.6) is 5.75 Å². The molecule has 0 spiro atoms. The van der Waals surface area contributed by atoms with Crippen LogP contribution in [0.1, 0.15) is 55.4 Å². The number of carbonyl (C=O) groups is 1. The van der Waals surface area contributed by atoms with Crippen molar-refractivity contribution in [2.75, 3.05) is 7.05 Å². The molecule has 2 aromatic carbocycles. The van der Waals surface area contributed by atoms with Gasteiger partial charge in [0.25, 0.3) is 5.91 Å². The third kappa shape index (κ3) is 3.86. The van der Waals surface area contributed by atoms with Crippen LogP contribution in [0.2, 0.25) is 0 Å². The Kier molecular flexibility index (Phi) is 6.03. The molecular formula is C24H25F2N3O2. The zero-order valence-electron chi connectivity index (χ0n) is 16.7. The normalized spacial score (nSPS) is 20.1. The fourth-order valence-corrected chi connectivity index (χ4v) is 3.84. The van der Waals surface area contributed by atoms with E-state index in [1.54, 1.807) is 32.2 Å². The number of alkyl halides is 2. The minimum absolute atomic E-state index is 0. The number of aliphatic imine (C=N–C) groups is 1. The van der Waals surface area contributed by atoms with E-state index >= 15 is 0 Å². The monoisotopic (exact) mass is 425 g/mol. The van der Waals surface area contributed by atoms with Crippen LogP contribution < -0.4 is 10.5 Å². The van der Waals surface area contributed by atoms with E-state index in [-0.39, 0.29) is 31.0 Å². The van der Waals surface area contributed by atoms with Gasteiger partial charge in [0.05, 0.1) is 0 Å². The molecule has 31 heavy (non-hydrogen) atoms. The summed E-state index contributed by atoms with van der Waals surface area (Å²) in [5.74, 6) is 5.87. The predicted octanol–water partition coefficient (Wildman–Crippen LogP) is 4.20. The molecule has 2 aliphatic rings. The SMILES string of the molecule is C.CC#Cc1cccc([C@]2(c3ccc(OC(F)F)c(C4CC4)c3)N=C(N)N(C)C2=O)c1. The number of rotatable bonds is 5. The molecule has 1 amide bonds. The minimum atomic E-state index is -2.92. The molecule has 1 aliphatic carbocycles.